The van der Waals surface area contributed by atoms with Gasteiger partial charge < -0.3 is 5.73 Å². The lowest BCUT2D eigenvalue weighted by molar-refractivity contribution is 0.454. The molecule has 1 aromatic rings. The second kappa shape index (κ2) is 5.41. The van der Waals surface area contributed by atoms with Crippen molar-refractivity contribution in [1.82, 2.24) is 9.97 Å². The number of H-pyrrole nitrogens is 1. The smallest absolute Gasteiger partial charge is 0.346 e. The molecular weight excluding hydrogens is 198 g/mol. The highest BCUT2D eigenvalue weighted by Crippen LogP contribution is 1.97. The molecule has 0 fully saturated rings. The molecule has 13 heavy (non-hydrogen) atoms. The number of anilines is 1. The van der Waals surface area contributed by atoms with Crippen molar-refractivity contribution in [3.05, 3.63) is 22.2 Å². The highest BCUT2D eigenvalue weighted by atomic mass is 32.2. The lowest BCUT2D eigenvalue weighted by Gasteiger charge is -1.93. The molecule has 1 heterocycles. The van der Waals surface area contributed by atoms with E-state index in [-0.39, 0.29) is 0 Å². The van der Waals surface area contributed by atoms with Crippen molar-refractivity contribution in [2.75, 3.05) is 5.73 Å². The first-order chi connectivity index (χ1) is 5.93. The van der Waals surface area contributed by atoms with Crippen LogP contribution in [-0.2, 0) is 11.4 Å². The van der Waals surface area contributed by atoms with Crippen LogP contribution in [0.4, 0.5) is 5.82 Å². The van der Waals surface area contributed by atoms with Crippen LogP contribution >= 0.6 is 0 Å². The van der Waals surface area contributed by atoms with E-state index in [0.717, 1.165) is 5.56 Å². The van der Waals surface area contributed by atoms with Gasteiger partial charge in [0.05, 0.1) is 0 Å². The first-order valence-electron chi connectivity index (χ1n) is 3.05. The molecule has 0 bridgehead atoms. The van der Waals surface area contributed by atoms with E-state index in [0.29, 0.717) is 5.82 Å². The number of aromatic nitrogens is 2. The first kappa shape index (κ1) is 11.8. The van der Waals surface area contributed by atoms with Crippen LogP contribution in [0.15, 0.2) is 11.0 Å². The molecule has 0 aliphatic carbocycles. The van der Waals surface area contributed by atoms with E-state index in [9.17, 15) is 4.79 Å². The summed E-state index contributed by atoms with van der Waals surface area (Å²) in [6.45, 7) is 1.78. The van der Waals surface area contributed by atoms with Crippen molar-refractivity contribution in [3.63, 3.8) is 0 Å². The predicted octanol–water partition coefficient (Wildman–Crippen LogP) is -0.658. The maximum atomic E-state index is 10.4. The normalized spacial score (nSPS) is 9.23. The van der Waals surface area contributed by atoms with Gasteiger partial charge in [-0.25, -0.2) is 9.78 Å². The Kier molecular flexibility index (Phi) is 4.89. The molecule has 7 nitrogen and oxygen atoms in total. The summed E-state index contributed by atoms with van der Waals surface area (Å²) in [5.74, 6) is 0.384. The van der Waals surface area contributed by atoms with Gasteiger partial charge in [0, 0.05) is 11.8 Å². The summed E-state index contributed by atoms with van der Waals surface area (Å²) in [7, 11) is 0. The summed E-state index contributed by atoms with van der Waals surface area (Å²) >= 11 is -2.61. The third kappa shape index (κ3) is 5.96. The molecule has 1 rings (SSSR count). The Hall–Kier alpha value is -1.25. The van der Waals surface area contributed by atoms with Gasteiger partial charge in [-0.15, -0.1) is 0 Å². The van der Waals surface area contributed by atoms with Crippen LogP contribution in [0.5, 0.6) is 0 Å². The third-order valence-corrected chi connectivity index (χ3v) is 1.04. The summed E-state index contributed by atoms with van der Waals surface area (Å²) < 4.78 is 22.8. The standard InChI is InChI=1S/C5H7N3O.H2O3S/c1-3-2-7-5(9)8-4(3)6;1-4(2)3/h2H,1H3,(H3,6,7,8,9);(H2,1,2,3). The molecule has 0 unspecified atom stereocenters. The maximum absolute atomic E-state index is 10.4. The molecular formula is C5H9N3O4S. The fourth-order valence-corrected chi connectivity index (χ4v) is 0.471. The molecule has 0 amide bonds. The number of nitrogens with one attached hydrogen (secondary N) is 1. The molecule has 0 aliphatic rings. The van der Waals surface area contributed by atoms with Crippen LogP contribution in [0.1, 0.15) is 5.56 Å². The summed E-state index contributed by atoms with van der Waals surface area (Å²) in [4.78, 5) is 16.2. The SMILES string of the molecule is Cc1cnc(=O)[nH]c1N.O=S(O)O. The highest BCUT2D eigenvalue weighted by Gasteiger charge is 1.90. The average Bonchev–Trinajstić information content (AvgIpc) is 1.96. The van der Waals surface area contributed by atoms with Gasteiger partial charge in [-0.05, 0) is 6.92 Å². The molecule has 0 atom stereocenters. The minimum absolute atomic E-state index is 0.384. The van der Waals surface area contributed by atoms with Crippen molar-refractivity contribution in [3.8, 4) is 0 Å². The van der Waals surface area contributed by atoms with Crippen LogP contribution in [-0.4, -0.2) is 23.3 Å². The molecule has 8 heteroatoms. The fraction of sp³-hybridized carbons (Fsp3) is 0.200. The van der Waals surface area contributed by atoms with Crippen LogP contribution in [0, 0.1) is 6.92 Å². The summed E-state index contributed by atoms with van der Waals surface area (Å²) in [5.41, 5.74) is 5.71. The lowest BCUT2D eigenvalue weighted by Crippen LogP contribution is -2.12. The number of nitrogens with zero attached hydrogens (tertiary/aromatic N) is 1. The van der Waals surface area contributed by atoms with Crippen LogP contribution in [0.2, 0.25) is 0 Å². The molecule has 0 saturated carbocycles. The number of rotatable bonds is 0. The number of aromatic amines is 1. The molecule has 0 spiro atoms. The van der Waals surface area contributed by atoms with Crippen LogP contribution in [0.25, 0.3) is 0 Å². The summed E-state index contributed by atoms with van der Waals surface area (Å²) in [6.07, 6.45) is 1.44. The lowest BCUT2D eigenvalue weighted by atomic mass is 10.4. The quantitative estimate of drug-likeness (QED) is 0.418. The van der Waals surface area contributed by atoms with E-state index in [4.69, 9.17) is 19.0 Å². The molecule has 5 N–H and O–H groups in total. The van der Waals surface area contributed by atoms with Crippen molar-refractivity contribution in [2.24, 2.45) is 0 Å². The highest BCUT2D eigenvalue weighted by molar-refractivity contribution is 7.73. The summed E-state index contributed by atoms with van der Waals surface area (Å²) in [5, 5.41) is 0. The number of nitrogens with two attached hydrogens (primary N) is 1. The number of hydrogen-bond donors (Lipinski definition) is 4. The van der Waals surface area contributed by atoms with Crippen molar-refractivity contribution in [1.29, 1.82) is 0 Å². The van der Waals surface area contributed by atoms with E-state index in [1.165, 1.54) is 6.20 Å². The monoisotopic (exact) mass is 207 g/mol. The van der Waals surface area contributed by atoms with Gasteiger partial charge in [-0.3, -0.25) is 14.1 Å². The molecule has 0 aliphatic heterocycles. The third-order valence-electron chi connectivity index (χ3n) is 1.04. The molecule has 0 saturated heterocycles. The van der Waals surface area contributed by atoms with Crippen molar-refractivity contribution >= 4 is 17.2 Å². The van der Waals surface area contributed by atoms with E-state index >= 15 is 0 Å². The van der Waals surface area contributed by atoms with Gasteiger partial charge in [-0.1, -0.05) is 0 Å². The Labute approximate surface area is 76.1 Å². The van der Waals surface area contributed by atoms with E-state index < -0.39 is 17.1 Å². The zero-order chi connectivity index (χ0) is 10.4. The number of hydrogen-bond acceptors (Lipinski definition) is 4. The van der Waals surface area contributed by atoms with E-state index in [1.54, 1.807) is 6.92 Å². The average molecular weight is 207 g/mol. The Morgan fingerprint density at radius 1 is 1.62 bits per heavy atom. The molecule has 0 aromatic carbocycles. The minimum atomic E-state index is -2.61. The molecule has 1 aromatic heterocycles. The maximum Gasteiger partial charge on any atom is 0.346 e. The molecule has 0 radical (unpaired) electrons. The van der Waals surface area contributed by atoms with Crippen LogP contribution in [0.3, 0.4) is 0 Å². The molecule has 74 valence electrons. The Bertz CT molecular complexity index is 346. The van der Waals surface area contributed by atoms with Gasteiger partial charge in [-0.2, -0.15) is 4.21 Å². The number of aryl methyl sites for hydroxylation is 1. The van der Waals surface area contributed by atoms with Crippen molar-refractivity contribution < 1.29 is 13.3 Å². The summed E-state index contributed by atoms with van der Waals surface area (Å²) in [6, 6.07) is 0. The minimum Gasteiger partial charge on any atom is -0.385 e. The van der Waals surface area contributed by atoms with Gasteiger partial charge in [0.1, 0.15) is 5.82 Å². The zero-order valence-electron chi connectivity index (χ0n) is 6.72. The Morgan fingerprint density at radius 2 is 2.08 bits per heavy atom. The zero-order valence-corrected chi connectivity index (χ0v) is 7.54. The second-order valence-electron chi connectivity index (χ2n) is 2.02. The largest absolute Gasteiger partial charge is 0.385 e. The predicted molar refractivity (Wildman–Crippen MR) is 47.4 cm³/mol. The topological polar surface area (TPSA) is 129 Å². The van der Waals surface area contributed by atoms with E-state index in [1.807, 2.05) is 0 Å². The second-order valence-corrected chi connectivity index (χ2v) is 2.48. The van der Waals surface area contributed by atoms with Gasteiger partial charge >= 0.3 is 5.69 Å². The van der Waals surface area contributed by atoms with E-state index in [2.05, 4.69) is 9.97 Å². The fourth-order valence-electron chi connectivity index (χ4n) is 0.471. The van der Waals surface area contributed by atoms with Gasteiger partial charge in [0.2, 0.25) is 0 Å². The van der Waals surface area contributed by atoms with Crippen molar-refractivity contribution in [2.45, 2.75) is 6.92 Å². The number of nitrogen functional groups attached to an aromatic ring is 1. The van der Waals surface area contributed by atoms with Gasteiger partial charge in [0.25, 0.3) is 11.4 Å². The van der Waals surface area contributed by atoms with Crippen LogP contribution < -0.4 is 11.4 Å². The first-order valence-corrected chi connectivity index (χ1v) is 4.11. The Morgan fingerprint density at radius 3 is 2.38 bits per heavy atom. The van der Waals surface area contributed by atoms with Gasteiger partial charge in [0.15, 0.2) is 0 Å². The Balaban J connectivity index is 0.000000310.